The summed E-state index contributed by atoms with van der Waals surface area (Å²) in [5.74, 6) is 0.463. The highest BCUT2D eigenvalue weighted by atomic mass is 35.5. The Kier molecular flexibility index (Phi) is 8.08. The molecule has 3 N–H and O–H groups in total. The molecule has 0 aliphatic rings. The third-order valence-electron chi connectivity index (χ3n) is 3.74. The minimum Gasteiger partial charge on any atom is -1.00 e. The Hall–Kier alpha value is -2.77. The van der Waals surface area contributed by atoms with Crippen molar-refractivity contribution >= 4 is 0 Å². The number of nitrogens with zero attached hydrogens (tertiary/aromatic N) is 3. The molecule has 0 radical (unpaired) electrons. The van der Waals surface area contributed by atoms with Crippen LogP contribution in [0.4, 0.5) is 0 Å². The number of phenolic OH excluding ortho intramolecular Hbond substituents is 2. The number of hydrogen-bond acceptors (Lipinski definition) is 5. The summed E-state index contributed by atoms with van der Waals surface area (Å²) in [7, 11) is 4.17. The molecule has 3 rings (SSSR count). The minimum atomic E-state index is -0.187. The number of likely N-dealkylation sites (N-methyl/N-ethyl adjacent to an activating group) is 1. The molecular weight excluding hydrogens is 368 g/mol. The van der Waals surface area contributed by atoms with Crippen molar-refractivity contribution in [3.63, 3.8) is 0 Å². The first-order valence-electron chi connectivity index (χ1n) is 8.00. The van der Waals surface area contributed by atoms with Crippen molar-refractivity contribution in [3.8, 4) is 34.2 Å². The fourth-order valence-corrected chi connectivity index (χ4v) is 2.27. The molecule has 0 saturated heterocycles. The average Bonchev–Trinajstić information content (AvgIpc) is 3.08. The molecule has 1 heterocycles. The van der Waals surface area contributed by atoms with E-state index in [-0.39, 0.29) is 31.3 Å². The molecule has 0 saturated carbocycles. The molecule has 0 atom stereocenters. The topological polar surface area (TPSA) is 84.8 Å². The predicted octanol–water partition coefficient (Wildman–Crippen LogP) is -1.49. The van der Waals surface area contributed by atoms with Crippen molar-refractivity contribution in [2.75, 3.05) is 27.2 Å². The first-order valence-corrected chi connectivity index (χ1v) is 8.00. The number of benzene rings is 2. The lowest BCUT2D eigenvalue weighted by Crippen LogP contribution is -3.06. The maximum atomic E-state index is 9.60. The molecular formula is C19H25ClN4O3. The highest BCUT2D eigenvalue weighted by Gasteiger charge is 2.08. The van der Waals surface area contributed by atoms with Gasteiger partial charge in [0.05, 0.1) is 26.0 Å². The standard InChI is InChI=1S/C18H20N4O3.CH4.ClH/c1-21(2)9-10-25-15-6-4-14(5-7-15)22-12-16(19-20-22)13-3-8-17(23)18(24)11-13;;/h3-8,11-12,23-24H,9-10H2,1-2H3;1H4;1H. The molecule has 0 spiro atoms. The second-order valence-electron chi connectivity index (χ2n) is 6.05. The number of hydrogen-bond donors (Lipinski definition) is 3. The minimum absolute atomic E-state index is 0. The van der Waals surface area contributed by atoms with Crippen LogP contribution >= 0.6 is 0 Å². The van der Waals surface area contributed by atoms with Crippen LogP contribution in [0, 0.1) is 0 Å². The van der Waals surface area contributed by atoms with Gasteiger partial charge in [0.25, 0.3) is 0 Å². The van der Waals surface area contributed by atoms with Crippen molar-refractivity contribution < 1.29 is 32.3 Å². The number of quaternary nitrogens is 1. The lowest BCUT2D eigenvalue weighted by molar-refractivity contribution is -0.858. The van der Waals surface area contributed by atoms with Gasteiger partial charge in [0.15, 0.2) is 11.5 Å². The van der Waals surface area contributed by atoms with Crippen molar-refractivity contribution in [3.05, 3.63) is 48.7 Å². The van der Waals surface area contributed by atoms with Crippen LogP contribution < -0.4 is 22.0 Å². The Morgan fingerprint density at radius 1 is 1.04 bits per heavy atom. The Bertz CT molecular complexity index is 850. The van der Waals surface area contributed by atoms with E-state index in [0.29, 0.717) is 17.9 Å². The van der Waals surface area contributed by atoms with Gasteiger partial charge in [0.2, 0.25) is 0 Å². The zero-order valence-electron chi connectivity index (χ0n) is 14.6. The first kappa shape index (κ1) is 22.3. The highest BCUT2D eigenvalue weighted by Crippen LogP contribution is 2.29. The molecule has 2 aromatic carbocycles. The van der Waals surface area contributed by atoms with Gasteiger partial charge in [-0.2, -0.15) is 0 Å². The third-order valence-corrected chi connectivity index (χ3v) is 3.74. The van der Waals surface area contributed by atoms with Gasteiger partial charge in [0, 0.05) is 5.56 Å². The smallest absolute Gasteiger partial charge is 0.158 e. The lowest BCUT2D eigenvalue weighted by atomic mass is 10.1. The van der Waals surface area contributed by atoms with E-state index < -0.39 is 0 Å². The molecule has 3 aromatic rings. The van der Waals surface area contributed by atoms with Gasteiger partial charge in [0.1, 0.15) is 24.6 Å². The van der Waals surface area contributed by atoms with Crippen LogP contribution in [0.1, 0.15) is 7.43 Å². The number of phenols is 2. The molecule has 0 amide bonds. The summed E-state index contributed by atoms with van der Waals surface area (Å²) in [6.45, 7) is 1.60. The Balaban J connectivity index is 0.00000182. The molecule has 27 heavy (non-hydrogen) atoms. The van der Waals surface area contributed by atoms with Gasteiger partial charge < -0.3 is 32.3 Å². The number of nitrogens with one attached hydrogen (secondary N) is 1. The summed E-state index contributed by atoms with van der Waals surface area (Å²) in [6, 6.07) is 12.2. The quantitative estimate of drug-likeness (QED) is 0.445. The van der Waals surface area contributed by atoms with Crippen LogP contribution in [-0.4, -0.2) is 52.5 Å². The van der Waals surface area contributed by atoms with Crippen LogP contribution in [0.15, 0.2) is 48.7 Å². The van der Waals surface area contributed by atoms with Crippen molar-refractivity contribution in [2.45, 2.75) is 7.43 Å². The second kappa shape index (κ2) is 9.80. The van der Waals surface area contributed by atoms with Gasteiger partial charge in [-0.3, -0.25) is 0 Å². The van der Waals surface area contributed by atoms with E-state index in [4.69, 9.17) is 4.74 Å². The maximum Gasteiger partial charge on any atom is 0.158 e. The number of aromatic hydroxyl groups is 2. The third kappa shape index (κ3) is 5.60. The number of ether oxygens (including phenoxy) is 1. The van der Waals surface area contributed by atoms with Crippen LogP contribution in [-0.2, 0) is 0 Å². The molecule has 8 heteroatoms. The van der Waals surface area contributed by atoms with Crippen LogP contribution in [0.25, 0.3) is 16.9 Å². The van der Waals surface area contributed by atoms with E-state index in [1.54, 1.807) is 16.9 Å². The van der Waals surface area contributed by atoms with Crippen LogP contribution in [0.2, 0.25) is 0 Å². The van der Waals surface area contributed by atoms with Gasteiger partial charge >= 0.3 is 0 Å². The fraction of sp³-hybridized carbons (Fsp3) is 0.263. The van der Waals surface area contributed by atoms with E-state index in [1.165, 1.54) is 17.0 Å². The normalized spacial score (nSPS) is 10.2. The number of aromatic nitrogens is 3. The molecule has 0 fully saturated rings. The highest BCUT2D eigenvalue weighted by molar-refractivity contribution is 5.62. The van der Waals surface area contributed by atoms with Crippen molar-refractivity contribution in [1.29, 1.82) is 0 Å². The summed E-state index contributed by atoms with van der Waals surface area (Å²) in [5.41, 5.74) is 2.13. The van der Waals surface area contributed by atoms with Crippen LogP contribution in [0.3, 0.4) is 0 Å². The van der Waals surface area contributed by atoms with Gasteiger partial charge in [-0.15, -0.1) is 5.10 Å². The maximum absolute atomic E-state index is 9.60. The van der Waals surface area contributed by atoms with E-state index in [0.717, 1.165) is 18.0 Å². The predicted molar refractivity (Wildman–Crippen MR) is 100 cm³/mol. The van der Waals surface area contributed by atoms with Crippen LogP contribution in [0.5, 0.6) is 17.2 Å². The molecule has 146 valence electrons. The zero-order chi connectivity index (χ0) is 17.8. The van der Waals surface area contributed by atoms with E-state index in [9.17, 15) is 10.2 Å². The summed E-state index contributed by atoms with van der Waals surface area (Å²) in [5, 5.41) is 27.2. The van der Waals surface area contributed by atoms with E-state index >= 15 is 0 Å². The average molecular weight is 393 g/mol. The molecule has 0 unspecified atom stereocenters. The Labute approximate surface area is 165 Å². The van der Waals surface area contributed by atoms with Gasteiger partial charge in [-0.05, 0) is 42.5 Å². The number of rotatable bonds is 6. The van der Waals surface area contributed by atoms with Gasteiger partial charge in [-0.25, -0.2) is 4.68 Å². The summed E-state index contributed by atoms with van der Waals surface area (Å²) in [4.78, 5) is 1.34. The molecule has 0 aliphatic heterocycles. The Morgan fingerprint density at radius 3 is 2.37 bits per heavy atom. The molecule has 7 nitrogen and oxygen atoms in total. The molecule has 0 bridgehead atoms. The first-order chi connectivity index (χ1) is 12.0. The lowest BCUT2D eigenvalue weighted by Gasteiger charge is -2.09. The SMILES string of the molecule is C.C[NH+](C)CCOc1ccc(-n2cc(-c3ccc(O)c(O)c3)nn2)cc1.[Cl-]. The fourth-order valence-electron chi connectivity index (χ4n) is 2.27. The largest absolute Gasteiger partial charge is 1.00 e. The summed E-state index contributed by atoms with van der Waals surface area (Å²) >= 11 is 0. The van der Waals surface area contributed by atoms with E-state index in [1.807, 2.05) is 24.3 Å². The summed E-state index contributed by atoms with van der Waals surface area (Å²) < 4.78 is 7.33. The monoisotopic (exact) mass is 392 g/mol. The zero-order valence-corrected chi connectivity index (χ0v) is 15.3. The Morgan fingerprint density at radius 2 is 1.74 bits per heavy atom. The molecule has 1 aromatic heterocycles. The molecule has 0 aliphatic carbocycles. The van der Waals surface area contributed by atoms with Crippen molar-refractivity contribution in [1.82, 2.24) is 15.0 Å². The number of halogens is 1. The summed E-state index contributed by atoms with van der Waals surface area (Å²) in [6.07, 6.45) is 1.76. The van der Waals surface area contributed by atoms with E-state index in [2.05, 4.69) is 24.4 Å². The van der Waals surface area contributed by atoms with Gasteiger partial charge in [-0.1, -0.05) is 12.6 Å². The second-order valence-corrected chi connectivity index (χ2v) is 6.05. The van der Waals surface area contributed by atoms with Crippen molar-refractivity contribution in [2.24, 2.45) is 0 Å².